The highest BCUT2D eigenvalue weighted by atomic mass is 31.2. The molecule has 0 fully saturated rings. The van der Waals surface area contributed by atoms with E-state index in [0.717, 1.165) is 89.9 Å². The zero-order chi connectivity index (χ0) is 55.6. The first-order valence-corrected chi connectivity index (χ1v) is 32.7. The fourth-order valence-electron chi connectivity index (χ4n) is 8.60. The highest BCUT2D eigenvalue weighted by molar-refractivity contribution is 7.45. The molecular weight excluding hydrogens is 960 g/mol. The minimum Gasteiger partial charge on any atom is -0.756 e. The average molecular weight is 1080 g/mol. The van der Waals surface area contributed by atoms with Crippen LogP contribution >= 0.6 is 7.82 Å². The molecule has 1 amide bonds. The molecule has 0 radical (unpaired) electrons. The Labute approximate surface area is 470 Å². The van der Waals surface area contributed by atoms with E-state index in [9.17, 15) is 19.4 Å². The van der Waals surface area contributed by atoms with Gasteiger partial charge >= 0.3 is 0 Å². The standard InChI is InChI=1S/C67H119N2O6P/c1-6-8-10-12-14-16-18-20-22-24-26-28-30-32-33-34-35-37-39-41-43-45-47-49-51-53-55-57-59-61-67(71)68-65(64-75-76(72,73)74-63-62-69(3,4)5)66(70)60-58-56-54-52-50-48-46-44-42-40-38-36-31-29-27-25-23-21-19-17-15-13-11-9-7-2/h8,10,14,16,20,22,26,28,32-33,35,37,42,44,50,52,58,60,65-66,70H,6-7,9,11-13,15,17-19,21,23-25,27,29-31,34,36,38-41,43,45-49,51,53-57,59,61-64H2,1-5H3,(H-,68,71,72,73)/b10-8-,16-14-,22-20-,28-26-,33-32-,37-35-,44-42+,52-50+,60-58+. The van der Waals surface area contributed by atoms with Gasteiger partial charge in [0.05, 0.1) is 39.9 Å². The molecule has 0 aromatic heterocycles. The number of hydrogen-bond donors (Lipinski definition) is 2. The average Bonchev–Trinajstić information content (AvgIpc) is 3.38. The maximum absolute atomic E-state index is 13.0. The third-order valence-corrected chi connectivity index (χ3v) is 14.4. The Hall–Kier alpha value is -2.84. The van der Waals surface area contributed by atoms with Crippen molar-refractivity contribution in [1.82, 2.24) is 5.32 Å². The van der Waals surface area contributed by atoms with Gasteiger partial charge in [0.25, 0.3) is 7.82 Å². The molecule has 0 spiro atoms. The zero-order valence-corrected chi connectivity index (χ0v) is 50.8. The second kappa shape index (κ2) is 56.9. The molecule has 438 valence electrons. The van der Waals surface area contributed by atoms with Crippen molar-refractivity contribution in [3.05, 3.63) is 109 Å². The van der Waals surface area contributed by atoms with Gasteiger partial charge < -0.3 is 28.8 Å². The van der Waals surface area contributed by atoms with E-state index in [1.165, 1.54) is 148 Å². The minimum absolute atomic E-state index is 0.0150. The van der Waals surface area contributed by atoms with Gasteiger partial charge in [-0.2, -0.15) is 0 Å². The van der Waals surface area contributed by atoms with Gasteiger partial charge in [0.15, 0.2) is 0 Å². The number of aliphatic hydroxyl groups is 1. The van der Waals surface area contributed by atoms with Crippen molar-refractivity contribution < 1.29 is 32.9 Å². The first-order chi connectivity index (χ1) is 37.0. The monoisotopic (exact) mass is 1080 g/mol. The Morgan fingerprint density at radius 1 is 0.474 bits per heavy atom. The number of likely N-dealkylation sites (N-methyl/N-ethyl adjacent to an activating group) is 1. The Balaban J connectivity index is 4.26. The van der Waals surface area contributed by atoms with E-state index in [1.54, 1.807) is 6.08 Å². The van der Waals surface area contributed by atoms with Crippen LogP contribution in [-0.4, -0.2) is 68.5 Å². The summed E-state index contributed by atoms with van der Waals surface area (Å²) in [6.45, 7) is 4.51. The van der Waals surface area contributed by atoms with Crippen LogP contribution in [-0.2, 0) is 18.4 Å². The van der Waals surface area contributed by atoms with E-state index in [4.69, 9.17) is 9.05 Å². The number of hydrogen-bond acceptors (Lipinski definition) is 6. The first-order valence-electron chi connectivity index (χ1n) is 31.2. The maximum Gasteiger partial charge on any atom is 0.268 e. The summed E-state index contributed by atoms with van der Waals surface area (Å²) in [6.07, 6.45) is 83.2. The number of rotatable bonds is 56. The lowest BCUT2D eigenvalue weighted by Crippen LogP contribution is -2.45. The summed E-state index contributed by atoms with van der Waals surface area (Å²) < 4.78 is 23.4. The third-order valence-electron chi connectivity index (χ3n) is 13.4. The molecule has 0 saturated heterocycles. The van der Waals surface area contributed by atoms with Crippen LogP contribution in [0, 0.1) is 0 Å². The number of unbranched alkanes of at least 4 members (excludes halogenated alkanes) is 27. The van der Waals surface area contributed by atoms with E-state index in [0.29, 0.717) is 17.4 Å². The molecule has 3 unspecified atom stereocenters. The van der Waals surface area contributed by atoms with E-state index >= 15 is 0 Å². The van der Waals surface area contributed by atoms with Crippen molar-refractivity contribution >= 4 is 13.7 Å². The van der Waals surface area contributed by atoms with Crippen LogP contribution in [0.5, 0.6) is 0 Å². The Bertz CT molecular complexity index is 1600. The van der Waals surface area contributed by atoms with Crippen LogP contribution in [0.15, 0.2) is 109 Å². The van der Waals surface area contributed by atoms with Crippen LogP contribution in [0.25, 0.3) is 0 Å². The van der Waals surface area contributed by atoms with Crippen molar-refractivity contribution in [3.63, 3.8) is 0 Å². The number of phosphoric ester groups is 1. The number of quaternary nitrogens is 1. The predicted molar refractivity (Wildman–Crippen MR) is 329 cm³/mol. The molecule has 0 aliphatic heterocycles. The Kier molecular flexibility index (Phi) is 54.7. The molecule has 0 aromatic rings. The molecule has 0 aromatic carbocycles. The molecule has 0 rings (SSSR count). The number of carbonyl (C=O) groups is 1. The van der Waals surface area contributed by atoms with Gasteiger partial charge in [-0.15, -0.1) is 0 Å². The van der Waals surface area contributed by atoms with Gasteiger partial charge in [-0.05, 0) is 96.3 Å². The fraction of sp³-hybridized carbons (Fsp3) is 0.716. The SMILES string of the molecule is CC/C=C\C/C=C\C/C=C\C/C=C\C/C=C\C/C=C\CCCCCCCCCCCCC(=O)NC(COP(=O)([O-])OCC[N+](C)(C)C)C(O)/C=C/CC/C=C/CC/C=C/CCCCCCCCCCCCCCCCC. The summed E-state index contributed by atoms with van der Waals surface area (Å²) in [5.41, 5.74) is 0. The molecular formula is C67H119N2O6P. The van der Waals surface area contributed by atoms with E-state index in [1.807, 2.05) is 27.2 Å². The number of nitrogens with zero attached hydrogens (tertiary/aromatic N) is 1. The Morgan fingerprint density at radius 3 is 1.22 bits per heavy atom. The smallest absolute Gasteiger partial charge is 0.268 e. The lowest BCUT2D eigenvalue weighted by Gasteiger charge is -2.29. The predicted octanol–water partition coefficient (Wildman–Crippen LogP) is 18.9. The van der Waals surface area contributed by atoms with Crippen molar-refractivity contribution in [2.24, 2.45) is 0 Å². The van der Waals surface area contributed by atoms with E-state index in [-0.39, 0.29) is 12.5 Å². The van der Waals surface area contributed by atoms with E-state index < -0.39 is 26.6 Å². The van der Waals surface area contributed by atoms with E-state index in [2.05, 4.69) is 116 Å². The lowest BCUT2D eigenvalue weighted by molar-refractivity contribution is -0.870. The van der Waals surface area contributed by atoms with Crippen LogP contribution in [0.1, 0.15) is 258 Å². The molecule has 9 heteroatoms. The van der Waals surface area contributed by atoms with Crippen molar-refractivity contribution in [2.45, 2.75) is 270 Å². The fourth-order valence-corrected chi connectivity index (χ4v) is 9.32. The van der Waals surface area contributed by atoms with Crippen LogP contribution in [0.3, 0.4) is 0 Å². The molecule has 0 aliphatic carbocycles. The van der Waals surface area contributed by atoms with Crippen molar-refractivity contribution in [1.29, 1.82) is 0 Å². The summed E-state index contributed by atoms with van der Waals surface area (Å²) in [5.74, 6) is -0.219. The normalized spacial score (nSPS) is 14.6. The summed E-state index contributed by atoms with van der Waals surface area (Å²) >= 11 is 0. The number of carbonyl (C=O) groups excluding carboxylic acids is 1. The highest BCUT2D eigenvalue weighted by Gasteiger charge is 2.23. The van der Waals surface area contributed by atoms with Crippen LogP contribution in [0.2, 0.25) is 0 Å². The van der Waals surface area contributed by atoms with Gasteiger partial charge in [0.1, 0.15) is 13.2 Å². The molecule has 0 bridgehead atoms. The van der Waals surface area contributed by atoms with Crippen molar-refractivity contribution in [2.75, 3.05) is 40.9 Å². The van der Waals surface area contributed by atoms with Gasteiger partial charge in [-0.25, -0.2) is 0 Å². The quantitative estimate of drug-likeness (QED) is 0.0272. The van der Waals surface area contributed by atoms with Crippen molar-refractivity contribution in [3.8, 4) is 0 Å². The van der Waals surface area contributed by atoms with Gasteiger partial charge in [-0.3, -0.25) is 9.36 Å². The molecule has 2 N–H and O–H groups in total. The number of aliphatic hydroxyl groups excluding tert-OH is 1. The highest BCUT2D eigenvalue weighted by Crippen LogP contribution is 2.38. The largest absolute Gasteiger partial charge is 0.756 e. The minimum atomic E-state index is -4.62. The zero-order valence-electron chi connectivity index (χ0n) is 49.9. The Morgan fingerprint density at radius 2 is 0.816 bits per heavy atom. The molecule has 76 heavy (non-hydrogen) atoms. The van der Waals surface area contributed by atoms with Crippen LogP contribution in [0.4, 0.5) is 0 Å². The van der Waals surface area contributed by atoms with Gasteiger partial charge in [0.2, 0.25) is 5.91 Å². The summed E-state index contributed by atoms with van der Waals surface area (Å²) in [6, 6.07) is -0.921. The first kappa shape index (κ1) is 73.2. The molecule has 0 saturated carbocycles. The number of phosphoric acid groups is 1. The topological polar surface area (TPSA) is 108 Å². The maximum atomic E-state index is 13.0. The number of amides is 1. The number of allylic oxidation sites excluding steroid dienone is 17. The van der Waals surface area contributed by atoms with Crippen LogP contribution < -0.4 is 10.2 Å². The second-order valence-corrected chi connectivity index (χ2v) is 23.4. The number of nitrogens with one attached hydrogen (secondary N) is 1. The molecule has 0 heterocycles. The molecule has 3 atom stereocenters. The summed E-state index contributed by atoms with van der Waals surface area (Å²) in [5, 5.41) is 13.9. The molecule has 0 aliphatic rings. The summed E-state index contributed by atoms with van der Waals surface area (Å²) in [4.78, 5) is 25.6. The lowest BCUT2D eigenvalue weighted by atomic mass is 10.0. The van der Waals surface area contributed by atoms with Gasteiger partial charge in [-0.1, -0.05) is 264 Å². The molecule has 8 nitrogen and oxygen atoms in total. The van der Waals surface area contributed by atoms with Gasteiger partial charge in [0, 0.05) is 6.42 Å². The third kappa shape index (κ3) is 58.8. The second-order valence-electron chi connectivity index (χ2n) is 22.0. The summed E-state index contributed by atoms with van der Waals surface area (Å²) in [7, 11) is 1.22.